The topological polar surface area (TPSA) is 60.5 Å². The predicted molar refractivity (Wildman–Crippen MR) is 71.5 cm³/mol. The van der Waals surface area contributed by atoms with E-state index in [1.807, 2.05) is 49.4 Å². The Morgan fingerprint density at radius 3 is 2.61 bits per heavy atom. The lowest BCUT2D eigenvalue weighted by molar-refractivity contribution is 1.35. The third-order valence-electron chi connectivity index (χ3n) is 2.39. The summed E-state index contributed by atoms with van der Waals surface area (Å²) in [4.78, 5) is 1.04. The lowest BCUT2D eigenvalue weighted by Crippen LogP contribution is -1.81. The molecule has 0 saturated carbocycles. The molecule has 0 N–H and O–H groups in total. The maximum absolute atomic E-state index is 8.80. The molecule has 18 heavy (non-hydrogen) atoms. The molecule has 0 spiro atoms. The van der Waals surface area contributed by atoms with Gasteiger partial charge < -0.3 is 0 Å². The van der Waals surface area contributed by atoms with Crippen LogP contribution in [0.25, 0.3) is 16.5 Å². The SMILES string of the molecule is Cc1cc(-c2ccccc2C=C(C#N)C#N)sn1. The zero-order valence-corrected chi connectivity index (χ0v) is 10.5. The van der Waals surface area contributed by atoms with Gasteiger partial charge in [0, 0.05) is 5.56 Å². The molecule has 0 radical (unpaired) electrons. The Balaban J connectivity index is 2.55. The second-order valence-corrected chi connectivity index (χ2v) is 4.51. The van der Waals surface area contributed by atoms with E-state index >= 15 is 0 Å². The van der Waals surface area contributed by atoms with Crippen molar-refractivity contribution in [2.45, 2.75) is 6.92 Å². The zero-order chi connectivity index (χ0) is 13.0. The molecular weight excluding hydrogens is 242 g/mol. The average Bonchev–Trinajstić information content (AvgIpc) is 2.83. The number of hydrogen-bond acceptors (Lipinski definition) is 4. The minimum atomic E-state index is 0.101. The molecule has 0 aliphatic rings. The summed E-state index contributed by atoms with van der Waals surface area (Å²) in [5.41, 5.74) is 2.92. The van der Waals surface area contributed by atoms with Crippen molar-refractivity contribution in [2.75, 3.05) is 0 Å². The molecule has 1 heterocycles. The van der Waals surface area contributed by atoms with E-state index in [0.717, 1.165) is 21.7 Å². The smallest absolute Gasteiger partial charge is 0.130 e. The van der Waals surface area contributed by atoms with Crippen molar-refractivity contribution >= 4 is 17.6 Å². The minimum Gasteiger partial charge on any atom is -0.197 e. The Hall–Kier alpha value is -2.43. The van der Waals surface area contributed by atoms with E-state index in [9.17, 15) is 0 Å². The molecule has 1 aromatic heterocycles. The van der Waals surface area contributed by atoms with Crippen molar-refractivity contribution in [1.82, 2.24) is 4.37 Å². The first-order chi connectivity index (χ1) is 8.74. The fourth-order valence-corrected chi connectivity index (χ4v) is 2.39. The Morgan fingerprint density at radius 2 is 2.00 bits per heavy atom. The number of rotatable bonds is 2. The van der Waals surface area contributed by atoms with Gasteiger partial charge in [-0.05, 0) is 36.2 Å². The summed E-state index contributed by atoms with van der Waals surface area (Å²) in [5.74, 6) is 0. The molecule has 0 bridgehead atoms. The number of allylic oxidation sites excluding steroid dienone is 1. The molecule has 0 aliphatic carbocycles. The van der Waals surface area contributed by atoms with Crippen LogP contribution in [-0.4, -0.2) is 4.37 Å². The van der Waals surface area contributed by atoms with Gasteiger partial charge in [-0.15, -0.1) is 0 Å². The maximum atomic E-state index is 8.80. The highest BCUT2D eigenvalue weighted by Gasteiger charge is 2.06. The van der Waals surface area contributed by atoms with Gasteiger partial charge in [-0.2, -0.15) is 14.9 Å². The van der Waals surface area contributed by atoms with Gasteiger partial charge in [0.25, 0.3) is 0 Å². The number of nitrogens with zero attached hydrogens (tertiary/aromatic N) is 3. The fraction of sp³-hybridized carbons (Fsp3) is 0.0714. The standard InChI is InChI=1S/C14H9N3S/c1-10-6-14(18-17-10)13-5-3-2-4-12(13)7-11(8-15)9-16/h2-7H,1H3. The van der Waals surface area contributed by atoms with Gasteiger partial charge in [0.1, 0.15) is 17.7 Å². The molecule has 86 valence electrons. The highest BCUT2D eigenvalue weighted by atomic mass is 32.1. The molecule has 0 amide bonds. The molecule has 0 aliphatic heterocycles. The van der Waals surface area contributed by atoms with Gasteiger partial charge >= 0.3 is 0 Å². The van der Waals surface area contributed by atoms with Crippen LogP contribution < -0.4 is 0 Å². The Morgan fingerprint density at radius 1 is 1.28 bits per heavy atom. The third kappa shape index (κ3) is 2.45. The predicted octanol–water partition coefficient (Wildman–Crippen LogP) is 3.55. The second-order valence-electron chi connectivity index (χ2n) is 3.70. The lowest BCUT2D eigenvalue weighted by Gasteiger charge is -2.02. The largest absolute Gasteiger partial charge is 0.197 e. The zero-order valence-electron chi connectivity index (χ0n) is 9.71. The number of aromatic nitrogens is 1. The van der Waals surface area contributed by atoms with Crippen LogP contribution in [0.4, 0.5) is 0 Å². The molecule has 4 heteroatoms. The molecule has 0 saturated heterocycles. The van der Waals surface area contributed by atoms with Crippen LogP contribution in [-0.2, 0) is 0 Å². The van der Waals surface area contributed by atoms with Gasteiger partial charge in [-0.3, -0.25) is 0 Å². The molecule has 0 unspecified atom stereocenters. The van der Waals surface area contributed by atoms with Crippen LogP contribution in [0.3, 0.4) is 0 Å². The van der Waals surface area contributed by atoms with Gasteiger partial charge in [-0.25, -0.2) is 0 Å². The lowest BCUT2D eigenvalue weighted by atomic mass is 10.0. The fourth-order valence-electron chi connectivity index (χ4n) is 1.58. The summed E-state index contributed by atoms with van der Waals surface area (Å²) in [5, 5.41) is 17.6. The maximum Gasteiger partial charge on any atom is 0.130 e. The van der Waals surface area contributed by atoms with Crippen LogP contribution in [0, 0.1) is 29.6 Å². The normalized spacial score (nSPS) is 9.28. The van der Waals surface area contributed by atoms with E-state index in [4.69, 9.17) is 10.5 Å². The summed E-state index contributed by atoms with van der Waals surface area (Å²) in [6.45, 7) is 1.94. The van der Waals surface area contributed by atoms with Crippen molar-refractivity contribution in [3.05, 3.63) is 47.2 Å². The van der Waals surface area contributed by atoms with Crippen molar-refractivity contribution < 1.29 is 0 Å². The average molecular weight is 251 g/mol. The molecule has 0 atom stereocenters. The van der Waals surface area contributed by atoms with E-state index in [2.05, 4.69) is 4.37 Å². The van der Waals surface area contributed by atoms with Crippen molar-refractivity contribution in [3.63, 3.8) is 0 Å². The first-order valence-corrected chi connectivity index (χ1v) is 6.06. The van der Waals surface area contributed by atoms with Gasteiger partial charge in [0.2, 0.25) is 0 Å². The number of nitriles is 2. The van der Waals surface area contributed by atoms with Gasteiger partial charge in [-0.1, -0.05) is 24.3 Å². The highest BCUT2D eigenvalue weighted by molar-refractivity contribution is 7.09. The van der Waals surface area contributed by atoms with E-state index < -0.39 is 0 Å². The Labute approximate surface area is 109 Å². The van der Waals surface area contributed by atoms with Crippen molar-refractivity contribution in [1.29, 1.82) is 10.5 Å². The van der Waals surface area contributed by atoms with E-state index in [0.29, 0.717) is 0 Å². The van der Waals surface area contributed by atoms with Gasteiger partial charge in [0.05, 0.1) is 10.6 Å². The summed E-state index contributed by atoms with van der Waals surface area (Å²) >= 11 is 1.41. The Kier molecular flexibility index (Phi) is 3.52. The van der Waals surface area contributed by atoms with Crippen molar-refractivity contribution in [2.24, 2.45) is 0 Å². The molecule has 3 nitrogen and oxygen atoms in total. The molecular formula is C14H9N3S. The Bertz CT molecular complexity index is 668. The summed E-state index contributed by atoms with van der Waals surface area (Å²) in [7, 11) is 0. The summed E-state index contributed by atoms with van der Waals surface area (Å²) in [6.07, 6.45) is 1.60. The van der Waals surface area contributed by atoms with Crippen molar-refractivity contribution in [3.8, 4) is 22.6 Å². The summed E-state index contributed by atoms with van der Waals surface area (Å²) in [6, 6.07) is 13.4. The molecule has 2 rings (SSSR count). The van der Waals surface area contributed by atoms with Crippen LogP contribution >= 0.6 is 11.5 Å². The first kappa shape index (κ1) is 12.0. The number of aryl methyl sites for hydroxylation is 1. The quantitative estimate of drug-likeness (QED) is 0.767. The van der Waals surface area contributed by atoms with Gasteiger partial charge in [0.15, 0.2) is 0 Å². The summed E-state index contributed by atoms with van der Waals surface area (Å²) < 4.78 is 4.24. The minimum absolute atomic E-state index is 0.101. The molecule has 2 aromatic rings. The van der Waals surface area contributed by atoms with Crippen LogP contribution in [0.2, 0.25) is 0 Å². The molecule has 1 aromatic carbocycles. The van der Waals surface area contributed by atoms with E-state index in [1.54, 1.807) is 6.08 Å². The van der Waals surface area contributed by atoms with Crippen LogP contribution in [0.5, 0.6) is 0 Å². The van der Waals surface area contributed by atoms with Crippen LogP contribution in [0.1, 0.15) is 11.3 Å². The first-order valence-electron chi connectivity index (χ1n) is 5.29. The van der Waals surface area contributed by atoms with Crippen LogP contribution in [0.15, 0.2) is 35.9 Å². The number of benzene rings is 1. The molecule has 0 fully saturated rings. The van der Waals surface area contributed by atoms with E-state index in [-0.39, 0.29) is 5.57 Å². The van der Waals surface area contributed by atoms with E-state index in [1.165, 1.54) is 11.5 Å². The number of hydrogen-bond donors (Lipinski definition) is 0. The third-order valence-corrected chi connectivity index (χ3v) is 3.31. The monoisotopic (exact) mass is 251 g/mol. The highest BCUT2D eigenvalue weighted by Crippen LogP contribution is 2.29. The second kappa shape index (κ2) is 5.27.